The minimum Gasteiger partial charge on any atom is -0.469 e. The van der Waals surface area contributed by atoms with Crippen LogP contribution in [-0.2, 0) is 20.7 Å². The highest BCUT2D eigenvalue weighted by atomic mass is 35.5. The first-order chi connectivity index (χ1) is 10.6. The predicted molar refractivity (Wildman–Crippen MR) is 87.0 cm³/mol. The van der Waals surface area contributed by atoms with Crippen molar-refractivity contribution in [3.8, 4) is 0 Å². The summed E-state index contributed by atoms with van der Waals surface area (Å²) in [5.41, 5.74) is 0.814. The zero-order valence-corrected chi connectivity index (χ0v) is 13.6. The lowest BCUT2D eigenvalue weighted by Gasteiger charge is -2.18. The van der Waals surface area contributed by atoms with Crippen molar-refractivity contribution in [2.24, 2.45) is 0 Å². The molecule has 0 aliphatic heterocycles. The number of esters is 1. The number of rotatable bonds is 6. The van der Waals surface area contributed by atoms with Gasteiger partial charge in [-0.3, -0.25) is 9.59 Å². The Kier molecular flexibility index (Phi) is 5.98. The number of halogens is 1. The van der Waals surface area contributed by atoms with E-state index in [1.165, 1.54) is 18.4 Å². The van der Waals surface area contributed by atoms with Crippen LogP contribution in [0.1, 0.15) is 22.9 Å². The van der Waals surface area contributed by atoms with E-state index in [-0.39, 0.29) is 18.3 Å². The Morgan fingerprint density at radius 2 is 2.00 bits per heavy atom. The number of hydrogen-bond donors (Lipinski definition) is 1. The number of thiophene rings is 1. The number of ether oxygens (including phenoxy) is 1. The van der Waals surface area contributed by atoms with Gasteiger partial charge in [-0.05, 0) is 29.1 Å². The Morgan fingerprint density at radius 3 is 2.59 bits per heavy atom. The van der Waals surface area contributed by atoms with Gasteiger partial charge in [0.05, 0.1) is 26.0 Å². The molecule has 1 unspecified atom stereocenters. The fraction of sp³-hybridized carbons (Fsp3) is 0.250. The topological polar surface area (TPSA) is 55.4 Å². The van der Waals surface area contributed by atoms with Gasteiger partial charge in [0.15, 0.2) is 0 Å². The zero-order chi connectivity index (χ0) is 15.9. The molecule has 4 nitrogen and oxygen atoms in total. The Bertz CT molecular complexity index is 625. The van der Waals surface area contributed by atoms with Gasteiger partial charge in [-0.2, -0.15) is 0 Å². The zero-order valence-electron chi connectivity index (χ0n) is 12.0. The summed E-state index contributed by atoms with van der Waals surface area (Å²) < 4.78 is 4.70. The Balaban J connectivity index is 2.08. The van der Waals surface area contributed by atoms with E-state index in [4.69, 9.17) is 16.3 Å². The van der Waals surface area contributed by atoms with Crippen LogP contribution in [0.3, 0.4) is 0 Å². The molecule has 1 N–H and O–H groups in total. The molecule has 116 valence electrons. The van der Waals surface area contributed by atoms with E-state index in [0.29, 0.717) is 11.4 Å². The van der Waals surface area contributed by atoms with Crippen LogP contribution in [0.2, 0.25) is 5.02 Å². The molecule has 2 aromatic rings. The second-order valence-electron chi connectivity index (χ2n) is 4.71. The first-order valence-corrected chi connectivity index (χ1v) is 7.98. The highest BCUT2D eigenvalue weighted by Gasteiger charge is 2.19. The number of carbonyl (C=O) groups is 2. The molecule has 1 aromatic carbocycles. The highest BCUT2D eigenvalue weighted by Crippen LogP contribution is 2.20. The summed E-state index contributed by atoms with van der Waals surface area (Å²) in [6.45, 7) is 0. The van der Waals surface area contributed by atoms with Gasteiger partial charge in [-0.15, -0.1) is 11.3 Å². The highest BCUT2D eigenvalue weighted by molar-refractivity contribution is 7.10. The van der Waals surface area contributed by atoms with E-state index in [1.54, 1.807) is 24.3 Å². The maximum atomic E-state index is 12.1. The lowest BCUT2D eigenvalue weighted by Crippen LogP contribution is -2.31. The molecule has 0 saturated heterocycles. The second kappa shape index (κ2) is 7.96. The Morgan fingerprint density at radius 1 is 1.27 bits per heavy atom. The van der Waals surface area contributed by atoms with Gasteiger partial charge in [0.1, 0.15) is 0 Å². The van der Waals surface area contributed by atoms with Crippen LogP contribution in [0, 0.1) is 0 Å². The molecule has 0 bridgehead atoms. The van der Waals surface area contributed by atoms with Crippen molar-refractivity contribution in [2.75, 3.05) is 7.11 Å². The molecule has 0 spiro atoms. The van der Waals surface area contributed by atoms with Crippen LogP contribution < -0.4 is 5.32 Å². The van der Waals surface area contributed by atoms with Crippen molar-refractivity contribution in [1.29, 1.82) is 0 Å². The molecule has 6 heteroatoms. The van der Waals surface area contributed by atoms with Gasteiger partial charge < -0.3 is 10.1 Å². The van der Waals surface area contributed by atoms with Gasteiger partial charge in [0, 0.05) is 9.90 Å². The van der Waals surface area contributed by atoms with Crippen molar-refractivity contribution in [3.05, 3.63) is 57.2 Å². The van der Waals surface area contributed by atoms with Crippen molar-refractivity contribution >= 4 is 34.8 Å². The van der Waals surface area contributed by atoms with Crippen molar-refractivity contribution < 1.29 is 14.3 Å². The first kappa shape index (κ1) is 16.5. The van der Waals surface area contributed by atoms with Crippen molar-refractivity contribution in [3.63, 3.8) is 0 Å². The number of methoxy groups -OCH3 is 1. The van der Waals surface area contributed by atoms with Crippen LogP contribution >= 0.6 is 22.9 Å². The summed E-state index contributed by atoms with van der Waals surface area (Å²) in [4.78, 5) is 24.7. The summed E-state index contributed by atoms with van der Waals surface area (Å²) in [6, 6.07) is 10.4. The van der Waals surface area contributed by atoms with Gasteiger partial charge in [0.25, 0.3) is 0 Å². The minimum absolute atomic E-state index is 0.0777. The number of hydrogen-bond acceptors (Lipinski definition) is 4. The lowest BCUT2D eigenvalue weighted by molar-refractivity contribution is -0.141. The molecule has 22 heavy (non-hydrogen) atoms. The van der Waals surface area contributed by atoms with E-state index < -0.39 is 6.04 Å². The molecule has 1 amide bonds. The van der Waals surface area contributed by atoms with E-state index in [2.05, 4.69) is 5.32 Å². The van der Waals surface area contributed by atoms with E-state index >= 15 is 0 Å². The van der Waals surface area contributed by atoms with Gasteiger partial charge in [0.2, 0.25) is 5.91 Å². The molecule has 0 fully saturated rings. The average Bonchev–Trinajstić information content (AvgIpc) is 3.00. The van der Waals surface area contributed by atoms with Crippen LogP contribution in [0.25, 0.3) is 0 Å². The van der Waals surface area contributed by atoms with Gasteiger partial charge in [-0.1, -0.05) is 29.8 Å². The molecule has 1 heterocycles. The lowest BCUT2D eigenvalue weighted by atomic mass is 10.0. The summed E-state index contributed by atoms with van der Waals surface area (Å²) in [5, 5.41) is 5.41. The SMILES string of the molecule is COC(=O)CC(NC(=O)Cc1cccs1)c1ccc(Cl)cc1. The molecule has 1 aromatic heterocycles. The molecular weight excluding hydrogens is 322 g/mol. The Labute approximate surface area is 138 Å². The van der Waals surface area contributed by atoms with Gasteiger partial charge in [-0.25, -0.2) is 0 Å². The summed E-state index contributed by atoms with van der Waals surface area (Å²) in [6.07, 6.45) is 0.372. The molecule has 0 aliphatic rings. The summed E-state index contributed by atoms with van der Waals surface area (Å²) >= 11 is 7.40. The van der Waals surface area contributed by atoms with Crippen molar-refractivity contribution in [1.82, 2.24) is 5.32 Å². The number of carbonyl (C=O) groups excluding carboxylic acids is 2. The quantitative estimate of drug-likeness (QED) is 0.822. The number of benzene rings is 1. The monoisotopic (exact) mass is 337 g/mol. The molecule has 0 aliphatic carbocycles. The van der Waals surface area contributed by atoms with Crippen LogP contribution in [0.4, 0.5) is 0 Å². The third-order valence-corrected chi connectivity index (χ3v) is 4.25. The minimum atomic E-state index is -0.433. The normalized spacial score (nSPS) is 11.7. The molecule has 2 rings (SSSR count). The maximum Gasteiger partial charge on any atom is 0.307 e. The average molecular weight is 338 g/mol. The third kappa shape index (κ3) is 4.86. The van der Waals surface area contributed by atoms with E-state index in [1.807, 2.05) is 17.5 Å². The van der Waals surface area contributed by atoms with Crippen LogP contribution in [0.15, 0.2) is 41.8 Å². The molecule has 0 saturated carbocycles. The fourth-order valence-electron chi connectivity index (χ4n) is 2.01. The number of amides is 1. The number of nitrogens with one attached hydrogen (secondary N) is 1. The molecular formula is C16H16ClNO3S. The van der Waals surface area contributed by atoms with Crippen LogP contribution in [-0.4, -0.2) is 19.0 Å². The van der Waals surface area contributed by atoms with E-state index in [0.717, 1.165) is 10.4 Å². The fourth-order valence-corrected chi connectivity index (χ4v) is 2.84. The van der Waals surface area contributed by atoms with Crippen molar-refractivity contribution in [2.45, 2.75) is 18.9 Å². The van der Waals surface area contributed by atoms with E-state index in [9.17, 15) is 9.59 Å². The smallest absolute Gasteiger partial charge is 0.307 e. The summed E-state index contributed by atoms with van der Waals surface area (Å²) in [7, 11) is 1.33. The maximum absolute atomic E-state index is 12.1. The predicted octanol–water partition coefficient (Wildman–Crippen LogP) is 3.36. The second-order valence-corrected chi connectivity index (χ2v) is 6.18. The van der Waals surface area contributed by atoms with Gasteiger partial charge >= 0.3 is 5.97 Å². The molecule has 0 radical (unpaired) electrons. The molecule has 1 atom stereocenters. The third-order valence-electron chi connectivity index (χ3n) is 3.12. The Hall–Kier alpha value is -1.85. The summed E-state index contributed by atoms with van der Waals surface area (Å²) in [5.74, 6) is -0.511. The largest absolute Gasteiger partial charge is 0.469 e. The standard InChI is InChI=1S/C16H16ClNO3S/c1-21-16(20)10-14(11-4-6-12(17)7-5-11)18-15(19)9-13-3-2-8-22-13/h2-8,14H,9-10H2,1H3,(H,18,19). The first-order valence-electron chi connectivity index (χ1n) is 6.72. The van der Waals surface area contributed by atoms with Crippen LogP contribution in [0.5, 0.6) is 0 Å².